The number of amides is 2. The minimum absolute atomic E-state index is 0.0605. The van der Waals surface area contributed by atoms with Gasteiger partial charge in [-0.25, -0.2) is 0 Å². The Balaban J connectivity index is 1.26. The zero-order valence-corrected chi connectivity index (χ0v) is 17.5. The van der Waals surface area contributed by atoms with Crippen LogP contribution in [0.1, 0.15) is 63.4 Å². The summed E-state index contributed by atoms with van der Waals surface area (Å²) in [6, 6.07) is 10.5. The Morgan fingerprint density at radius 3 is 2.31 bits per heavy atom. The first-order valence-electron chi connectivity index (χ1n) is 11.6. The van der Waals surface area contributed by atoms with Crippen LogP contribution in [-0.2, 0) is 16.0 Å². The van der Waals surface area contributed by atoms with E-state index < -0.39 is 0 Å². The van der Waals surface area contributed by atoms with Crippen molar-refractivity contribution < 1.29 is 9.59 Å². The Labute approximate surface area is 174 Å². The predicted octanol–water partition coefficient (Wildman–Crippen LogP) is 3.13. The molecule has 4 rings (SSSR count). The molecule has 0 spiro atoms. The van der Waals surface area contributed by atoms with Crippen LogP contribution in [-0.4, -0.2) is 59.4 Å². The second-order valence-electron chi connectivity index (χ2n) is 9.02. The predicted molar refractivity (Wildman–Crippen MR) is 114 cm³/mol. The van der Waals surface area contributed by atoms with E-state index >= 15 is 0 Å². The van der Waals surface area contributed by atoms with Gasteiger partial charge in [-0.15, -0.1) is 0 Å². The van der Waals surface area contributed by atoms with Gasteiger partial charge in [0.15, 0.2) is 0 Å². The summed E-state index contributed by atoms with van der Waals surface area (Å²) in [4.78, 5) is 30.2. The smallest absolute Gasteiger partial charge is 0.243 e. The molecule has 1 aliphatic carbocycles. The highest BCUT2D eigenvalue weighted by molar-refractivity contribution is 5.89. The maximum absolute atomic E-state index is 12.9. The summed E-state index contributed by atoms with van der Waals surface area (Å²) < 4.78 is 0. The Bertz CT molecular complexity index is 679. The van der Waals surface area contributed by atoms with Crippen LogP contribution in [0.2, 0.25) is 0 Å². The SMILES string of the molecule is O=C(NC1CCC(N2CCCCC2)CC1)C1CCCN1C(=O)Cc1ccccc1. The molecule has 2 heterocycles. The molecular weight excluding hydrogens is 362 g/mol. The van der Waals surface area contributed by atoms with Crippen molar-refractivity contribution in [3.05, 3.63) is 35.9 Å². The third kappa shape index (κ3) is 5.19. The number of rotatable bonds is 5. The summed E-state index contributed by atoms with van der Waals surface area (Å²) in [7, 11) is 0. The summed E-state index contributed by atoms with van der Waals surface area (Å²) in [5.74, 6) is 0.132. The Morgan fingerprint density at radius 2 is 1.59 bits per heavy atom. The molecule has 5 heteroatoms. The average molecular weight is 398 g/mol. The highest BCUT2D eigenvalue weighted by Gasteiger charge is 2.35. The lowest BCUT2D eigenvalue weighted by Crippen LogP contribution is -2.51. The molecule has 1 saturated carbocycles. The van der Waals surface area contributed by atoms with Crippen LogP contribution in [0.4, 0.5) is 0 Å². The lowest BCUT2D eigenvalue weighted by Gasteiger charge is -2.39. The molecule has 1 aromatic rings. The topological polar surface area (TPSA) is 52.7 Å². The molecule has 158 valence electrons. The molecule has 3 fully saturated rings. The first kappa shape index (κ1) is 20.4. The van der Waals surface area contributed by atoms with Crippen LogP contribution in [0.25, 0.3) is 0 Å². The van der Waals surface area contributed by atoms with Gasteiger partial charge < -0.3 is 15.1 Å². The first-order valence-corrected chi connectivity index (χ1v) is 11.6. The van der Waals surface area contributed by atoms with Crippen LogP contribution in [0, 0.1) is 0 Å². The Hall–Kier alpha value is -1.88. The highest BCUT2D eigenvalue weighted by Crippen LogP contribution is 2.26. The molecule has 0 bridgehead atoms. The van der Waals surface area contributed by atoms with E-state index in [2.05, 4.69) is 10.2 Å². The molecule has 1 unspecified atom stereocenters. The van der Waals surface area contributed by atoms with Gasteiger partial charge in [0.05, 0.1) is 6.42 Å². The molecule has 1 N–H and O–H groups in total. The summed E-state index contributed by atoms with van der Waals surface area (Å²) >= 11 is 0. The van der Waals surface area contributed by atoms with Gasteiger partial charge in [0.1, 0.15) is 6.04 Å². The summed E-state index contributed by atoms with van der Waals surface area (Å²) in [5.41, 5.74) is 1.01. The van der Waals surface area contributed by atoms with Gasteiger partial charge >= 0.3 is 0 Å². The third-order valence-corrected chi connectivity index (χ3v) is 7.02. The number of likely N-dealkylation sites (tertiary alicyclic amines) is 2. The molecule has 0 aromatic heterocycles. The number of piperidine rings is 1. The van der Waals surface area contributed by atoms with E-state index in [1.165, 1.54) is 45.2 Å². The molecule has 1 aromatic carbocycles. The summed E-state index contributed by atoms with van der Waals surface area (Å²) in [6.45, 7) is 3.20. The van der Waals surface area contributed by atoms with Gasteiger partial charge in [-0.3, -0.25) is 9.59 Å². The molecule has 1 atom stereocenters. The lowest BCUT2D eigenvalue weighted by molar-refractivity contribution is -0.138. The van der Waals surface area contributed by atoms with Gasteiger partial charge in [-0.2, -0.15) is 0 Å². The second kappa shape index (κ2) is 9.75. The van der Waals surface area contributed by atoms with E-state index in [1.54, 1.807) is 0 Å². The van der Waals surface area contributed by atoms with Crippen LogP contribution >= 0.6 is 0 Å². The Morgan fingerprint density at radius 1 is 0.862 bits per heavy atom. The van der Waals surface area contributed by atoms with Crippen molar-refractivity contribution in [1.82, 2.24) is 15.1 Å². The minimum atomic E-state index is -0.286. The van der Waals surface area contributed by atoms with Gasteiger partial charge in [0.2, 0.25) is 11.8 Å². The fourth-order valence-electron chi connectivity index (χ4n) is 5.38. The van der Waals surface area contributed by atoms with Gasteiger partial charge in [-0.05, 0) is 70.0 Å². The fraction of sp³-hybridized carbons (Fsp3) is 0.667. The number of nitrogens with zero attached hydrogens (tertiary/aromatic N) is 2. The third-order valence-electron chi connectivity index (χ3n) is 7.02. The molecule has 0 radical (unpaired) electrons. The molecule has 29 heavy (non-hydrogen) atoms. The molecule has 2 amide bonds. The fourth-order valence-corrected chi connectivity index (χ4v) is 5.38. The standard InChI is InChI=1S/C24H35N3O2/c28-23(18-19-8-3-1-4-9-19)27-17-7-10-22(27)24(29)25-20-11-13-21(14-12-20)26-15-5-2-6-16-26/h1,3-4,8-9,20-22H,2,5-7,10-18H2,(H,25,29). The van der Waals surface area contributed by atoms with E-state index in [1.807, 2.05) is 35.2 Å². The molecule has 2 saturated heterocycles. The number of nitrogens with one attached hydrogen (secondary N) is 1. The quantitative estimate of drug-likeness (QED) is 0.831. The second-order valence-corrected chi connectivity index (χ2v) is 9.02. The van der Waals surface area contributed by atoms with Gasteiger partial charge in [0, 0.05) is 18.6 Å². The van der Waals surface area contributed by atoms with Crippen molar-refractivity contribution in [2.45, 2.75) is 82.3 Å². The van der Waals surface area contributed by atoms with E-state index in [9.17, 15) is 9.59 Å². The average Bonchev–Trinajstić information content (AvgIpc) is 3.26. The number of hydrogen-bond acceptors (Lipinski definition) is 3. The normalized spacial score (nSPS) is 28.3. The molecule has 2 aliphatic heterocycles. The zero-order chi connectivity index (χ0) is 20.1. The molecular formula is C24H35N3O2. The number of carbonyl (C=O) groups excluding carboxylic acids is 2. The number of benzene rings is 1. The van der Waals surface area contributed by atoms with Crippen molar-refractivity contribution in [2.24, 2.45) is 0 Å². The van der Waals surface area contributed by atoms with Crippen LogP contribution in [0.3, 0.4) is 0 Å². The van der Waals surface area contributed by atoms with E-state index in [0.29, 0.717) is 19.0 Å². The van der Waals surface area contributed by atoms with Crippen molar-refractivity contribution in [2.75, 3.05) is 19.6 Å². The van der Waals surface area contributed by atoms with Gasteiger partial charge in [0.25, 0.3) is 0 Å². The van der Waals surface area contributed by atoms with Gasteiger partial charge in [-0.1, -0.05) is 36.8 Å². The zero-order valence-electron chi connectivity index (χ0n) is 17.5. The number of hydrogen-bond donors (Lipinski definition) is 1. The van der Waals surface area contributed by atoms with Crippen molar-refractivity contribution >= 4 is 11.8 Å². The van der Waals surface area contributed by atoms with Crippen molar-refractivity contribution in [3.63, 3.8) is 0 Å². The van der Waals surface area contributed by atoms with Crippen LogP contribution < -0.4 is 5.32 Å². The largest absolute Gasteiger partial charge is 0.352 e. The first-order chi connectivity index (χ1) is 14.2. The lowest BCUT2D eigenvalue weighted by atomic mass is 9.89. The summed E-state index contributed by atoms with van der Waals surface area (Å²) in [6.07, 6.45) is 10.6. The van der Waals surface area contributed by atoms with E-state index in [-0.39, 0.29) is 23.9 Å². The maximum atomic E-state index is 12.9. The monoisotopic (exact) mass is 397 g/mol. The molecule has 3 aliphatic rings. The van der Waals surface area contributed by atoms with E-state index in [4.69, 9.17) is 0 Å². The van der Waals surface area contributed by atoms with Crippen LogP contribution in [0.5, 0.6) is 0 Å². The maximum Gasteiger partial charge on any atom is 0.243 e. The number of carbonyl (C=O) groups is 2. The Kier molecular flexibility index (Phi) is 6.86. The van der Waals surface area contributed by atoms with Crippen LogP contribution in [0.15, 0.2) is 30.3 Å². The minimum Gasteiger partial charge on any atom is -0.352 e. The van der Waals surface area contributed by atoms with E-state index in [0.717, 1.165) is 31.2 Å². The van der Waals surface area contributed by atoms with Crippen molar-refractivity contribution in [1.29, 1.82) is 0 Å². The summed E-state index contributed by atoms with van der Waals surface area (Å²) in [5, 5.41) is 3.28. The molecule has 5 nitrogen and oxygen atoms in total. The highest BCUT2D eigenvalue weighted by atomic mass is 16.2. The van der Waals surface area contributed by atoms with Crippen molar-refractivity contribution in [3.8, 4) is 0 Å².